The van der Waals surface area contributed by atoms with E-state index in [0.717, 1.165) is 23.8 Å². The van der Waals surface area contributed by atoms with Gasteiger partial charge < -0.3 is 5.32 Å². The van der Waals surface area contributed by atoms with Crippen molar-refractivity contribution in [2.24, 2.45) is 17.8 Å². The van der Waals surface area contributed by atoms with Crippen molar-refractivity contribution < 1.29 is 0 Å². The van der Waals surface area contributed by atoms with Crippen LogP contribution in [0, 0.1) is 17.8 Å². The zero-order chi connectivity index (χ0) is 10.6. The quantitative estimate of drug-likeness (QED) is 0.728. The van der Waals surface area contributed by atoms with Crippen LogP contribution in [0.25, 0.3) is 0 Å². The fraction of sp³-hybridized carbons (Fsp3) is 1.00. The topological polar surface area (TPSA) is 12.0 Å². The lowest BCUT2D eigenvalue weighted by Crippen LogP contribution is -2.43. The second-order valence-corrected chi connectivity index (χ2v) is 5.31. The zero-order valence-corrected chi connectivity index (χ0v) is 10.3. The van der Waals surface area contributed by atoms with E-state index in [2.05, 4.69) is 33.0 Å². The SMILES string of the molecule is CCCCC(C)C1CC(C)NCC1C. The highest BCUT2D eigenvalue weighted by Crippen LogP contribution is 2.31. The molecule has 0 radical (unpaired) electrons. The van der Waals surface area contributed by atoms with Crippen LogP contribution in [0.15, 0.2) is 0 Å². The molecule has 1 aliphatic rings. The predicted molar refractivity (Wildman–Crippen MR) is 63.4 cm³/mol. The van der Waals surface area contributed by atoms with E-state index < -0.39 is 0 Å². The molecule has 1 N–H and O–H groups in total. The fourth-order valence-electron chi connectivity index (χ4n) is 2.80. The van der Waals surface area contributed by atoms with Crippen molar-refractivity contribution in [3.05, 3.63) is 0 Å². The van der Waals surface area contributed by atoms with Gasteiger partial charge in [-0.25, -0.2) is 0 Å². The highest BCUT2D eigenvalue weighted by molar-refractivity contribution is 4.82. The Morgan fingerprint density at radius 2 is 2.07 bits per heavy atom. The first-order valence-corrected chi connectivity index (χ1v) is 6.38. The Bertz CT molecular complexity index is 155. The van der Waals surface area contributed by atoms with Gasteiger partial charge in [-0.15, -0.1) is 0 Å². The Morgan fingerprint density at radius 3 is 2.71 bits per heavy atom. The fourth-order valence-corrected chi connectivity index (χ4v) is 2.80. The molecule has 1 aliphatic heterocycles. The van der Waals surface area contributed by atoms with Crippen LogP contribution in [-0.2, 0) is 0 Å². The summed E-state index contributed by atoms with van der Waals surface area (Å²) in [6.45, 7) is 10.7. The van der Waals surface area contributed by atoms with Gasteiger partial charge in [0.05, 0.1) is 0 Å². The van der Waals surface area contributed by atoms with E-state index in [0.29, 0.717) is 0 Å². The summed E-state index contributed by atoms with van der Waals surface area (Å²) >= 11 is 0. The van der Waals surface area contributed by atoms with Gasteiger partial charge in [-0.3, -0.25) is 0 Å². The number of hydrogen-bond donors (Lipinski definition) is 1. The summed E-state index contributed by atoms with van der Waals surface area (Å²) in [6, 6.07) is 0.736. The normalized spacial score (nSPS) is 35.6. The van der Waals surface area contributed by atoms with Crippen molar-refractivity contribution in [2.45, 2.75) is 59.4 Å². The van der Waals surface area contributed by atoms with E-state index in [4.69, 9.17) is 0 Å². The molecule has 0 spiro atoms. The van der Waals surface area contributed by atoms with E-state index >= 15 is 0 Å². The largest absolute Gasteiger partial charge is 0.314 e. The van der Waals surface area contributed by atoms with E-state index in [1.54, 1.807) is 0 Å². The molecule has 84 valence electrons. The van der Waals surface area contributed by atoms with Crippen LogP contribution in [0.5, 0.6) is 0 Å². The number of unbranched alkanes of at least 4 members (excludes halogenated alkanes) is 1. The van der Waals surface area contributed by atoms with E-state index in [1.807, 2.05) is 0 Å². The zero-order valence-electron chi connectivity index (χ0n) is 10.3. The van der Waals surface area contributed by atoms with Gasteiger partial charge in [-0.05, 0) is 37.6 Å². The summed E-state index contributed by atoms with van der Waals surface area (Å²) in [7, 11) is 0. The van der Waals surface area contributed by atoms with Gasteiger partial charge in [0.25, 0.3) is 0 Å². The van der Waals surface area contributed by atoms with Crippen molar-refractivity contribution in [3.63, 3.8) is 0 Å². The third-order valence-electron chi connectivity index (χ3n) is 3.89. The van der Waals surface area contributed by atoms with Crippen LogP contribution < -0.4 is 5.32 Å². The molecule has 1 heteroatoms. The minimum absolute atomic E-state index is 0.736. The molecule has 1 nitrogen and oxygen atoms in total. The highest BCUT2D eigenvalue weighted by atomic mass is 14.9. The summed E-state index contributed by atoms with van der Waals surface area (Å²) in [5, 5.41) is 3.57. The van der Waals surface area contributed by atoms with Gasteiger partial charge in [0, 0.05) is 6.04 Å². The number of nitrogens with one attached hydrogen (secondary N) is 1. The predicted octanol–water partition coefficient (Wildman–Crippen LogP) is 3.45. The van der Waals surface area contributed by atoms with Gasteiger partial charge in [-0.1, -0.05) is 40.0 Å². The number of hydrogen-bond acceptors (Lipinski definition) is 1. The van der Waals surface area contributed by atoms with Crippen molar-refractivity contribution in [3.8, 4) is 0 Å². The van der Waals surface area contributed by atoms with Crippen molar-refractivity contribution >= 4 is 0 Å². The molecule has 0 aromatic heterocycles. The van der Waals surface area contributed by atoms with Crippen LogP contribution in [0.3, 0.4) is 0 Å². The van der Waals surface area contributed by atoms with E-state index in [9.17, 15) is 0 Å². The Hall–Kier alpha value is -0.0400. The van der Waals surface area contributed by atoms with Gasteiger partial charge >= 0.3 is 0 Å². The molecule has 4 atom stereocenters. The molecule has 14 heavy (non-hydrogen) atoms. The highest BCUT2D eigenvalue weighted by Gasteiger charge is 2.28. The monoisotopic (exact) mass is 197 g/mol. The average Bonchev–Trinajstić information content (AvgIpc) is 2.18. The minimum atomic E-state index is 0.736. The van der Waals surface area contributed by atoms with Crippen LogP contribution in [0.1, 0.15) is 53.4 Å². The lowest BCUT2D eigenvalue weighted by molar-refractivity contribution is 0.162. The molecule has 1 rings (SSSR count). The maximum atomic E-state index is 3.57. The first-order valence-electron chi connectivity index (χ1n) is 6.38. The smallest absolute Gasteiger partial charge is 0.00416 e. The third kappa shape index (κ3) is 3.27. The maximum Gasteiger partial charge on any atom is 0.00416 e. The summed E-state index contributed by atoms with van der Waals surface area (Å²) in [5.41, 5.74) is 0. The molecule has 4 unspecified atom stereocenters. The Labute approximate surface area is 89.7 Å². The summed E-state index contributed by atoms with van der Waals surface area (Å²) < 4.78 is 0. The Morgan fingerprint density at radius 1 is 1.36 bits per heavy atom. The van der Waals surface area contributed by atoms with Crippen molar-refractivity contribution in [2.75, 3.05) is 6.54 Å². The molecule has 0 bridgehead atoms. The van der Waals surface area contributed by atoms with Crippen molar-refractivity contribution in [1.29, 1.82) is 0 Å². The first kappa shape index (κ1) is 12.0. The molecule has 1 fully saturated rings. The maximum absolute atomic E-state index is 3.57. The van der Waals surface area contributed by atoms with Crippen molar-refractivity contribution in [1.82, 2.24) is 5.32 Å². The molecule has 0 amide bonds. The molecular formula is C13H27N. The molecule has 0 aromatic carbocycles. The molecule has 0 aliphatic carbocycles. The van der Waals surface area contributed by atoms with E-state index in [-0.39, 0.29) is 0 Å². The van der Waals surface area contributed by atoms with E-state index in [1.165, 1.54) is 32.2 Å². The average molecular weight is 197 g/mol. The van der Waals surface area contributed by atoms with Gasteiger partial charge in [0.15, 0.2) is 0 Å². The lowest BCUT2D eigenvalue weighted by atomic mass is 9.75. The summed E-state index contributed by atoms with van der Waals surface area (Å²) in [4.78, 5) is 0. The minimum Gasteiger partial charge on any atom is -0.314 e. The molecule has 0 saturated carbocycles. The third-order valence-corrected chi connectivity index (χ3v) is 3.89. The summed E-state index contributed by atoms with van der Waals surface area (Å²) in [5.74, 6) is 2.75. The molecule has 0 aromatic rings. The number of rotatable bonds is 4. The first-order chi connectivity index (χ1) is 6.65. The molecular weight excluding hydrogens is 170 g/mol. The number of piperidine rings is 1. The van der Waals surface area contributed by atoms with Crippen LogP contribution in [-0.4, -0.2) is 12.6 Å². The van der Waals surface area contributed by atoms with Crippen LogP contribution in [0.4, 0.5) is 0 Å². The summed E-state index contributed by atoms with van der Waals surface area (Å²) in [6.07, 6.45) is 5.57. The molecule has 1 heterocycles. The second kappa shape index (κ2) is 5.75. The molecule has 1 saturated heterocycles. The van der Waals surface area contributed by atoms with Gasteiger partial charge in [-0.2, -0.15) is 0 Å². The second-order valence-electron chi connectivity index (χ2n) is 5.31. The van der Waals surface area contributed by atoms with Gasteiger partial charge in [0.2, 0.25) is 0 Å². The lowest BCUT2D eigenvalue weighted by Gasteiger charge is -2.37. The van der Waals surface area contributed by atoms with Crippen LogP contribution in [0.2, 0.25) is 0 Å². The Kier molecular flexibility index (Phi) is 4.94. The Balaban J connectivity index is 2.38. The van der Waals surface area contributed by atoms with Crippen LogP contribution >= 0.6 is 0 Å². The van der Waals surface area contributed by atoms with Gasteiger partial charge in [0.1, 0.15) is 0 Å². The standard InChI is InChI=1S/C13H27N/c1-5-6-7-10(2)13-8-12(4)14-9-11(13)3/h10-14H,5-9H2,1-4H3.